The second-order valence-corrected chi connectivity index (χ2v) is 6.29. The number of nitrogens with two attached hydrogens (primary N) is 1. The van der Waals surface area contributed by atoms with E-state index >= 15 is 0 Å². The molecule has 1 heterocycles. The number of aromatic nitrogens is 2. The highest BCUT2D eigenvalue weighted by Crippen LogP contribution is 2.32. The molecule has 1 aromatic heterocycles. The van der Waals surface area contributed by atoms with Crippen LogP contribution in [0.1, 0.15) is 25.0 Å². The minimum atomic E-state index is -0.0269. The number of hydrogen-bond acceptors (Lipinski definition) is 5. The molecule has 3 aromatic rings. The fourth-order valence-electron chi connectivity index (χ4n) is 2.78. The molecule has 0 unspecified atom stereocenters. The minimum absolute atomic E-state index is 0.0269. The topological polar surface area (TPSA) is 84.1 Å². The Bertz CT molecular complexity index is 890. The Balaban J connectivity index is 2.14. The molecule has 0 fully saturated rings. The van der Waals surface area contributed by atoms with Crippen molar-refractivity contribution in [2.75, 3.05) is 11.1 Å². The van der Waals surface area contributed by atoms with Crippen molar-refractivity contribution in [3.05, 3.63) is 47.7 Å². The molecule has 4 N–H and O–H groups in total. The standard InChI is InChI=1S/C19H22N4O/c1-11(2)22-19-21-9-14-7-16(12(3)6-18(14)23-19)17-8-15(20)5-4-13(17)10-24/h4-9,11,24H,10,20H2,1-3H3,(H,21,22,23). The fraction of sp³-hybridized carbons (Fsp3) is 0.263. The summed E-state index contributed by atoms with van der Waals surface area (Å²) in [6.07, 6.45) is 1.82. The van der Waals surface area contributed by atoms with E-state index in [0.29, 0.717) is 11.6 Å². The molecule has 0 aliphatic heterocycles. The smallest absolute Gasteiger partial charge is 0.223 e. The first kappa shape index (κ1) is 16.2. The number of rotatable bonds is 4. The highest BCUT2D eigenvalue weighted by atomic mass is 16.3. The third kappa shape index (κ3) is 3.16. The number of nitrogens with one attached hydrogen (secondary N) is 1. The monoisotopic (exact) mass is 322 g/mol. The molecule has 0 saturated heterocycles. The van der Waals surface area contributed by atoms with Gasteiger partial charge in [-0.05, 0) is 67.3 Å². The molecule has 0 bridgehead atoms. The predicted octanol–water partition coefficient (Wildman–Crippen LogP) is 3.50. The lowest BCUT2D eigenvalue weighted by molar-refractivity contribution is 0.282. The van der Waals surface area contributed by atoms with Crippen molar-refractivity contribution in [1.29, 1.82) is 0 Å². The second kappa shape index (κ2) is 6.45. The Morgan fingerprint density at radius 2 is 1.96 bits per heavy atom. The van der Waals surface area contributed by atoms with Crippen molar-refractivity contribution in [3.63, 3.8) is 0 Å². The molecular formula is C19H22N4O. The first-order chi connectivity index (χ1) is 11.5. The summed E-state index contributed by atoms with van der Waals surface area (Å²) in [7, 11) is 0. The van der Waals surface area contributed by atoms with Crippen molar-refractivity contribution >= 4 is 22.5 Å². The molecule has 124 valence electrons. The summed E-state index contributed by atoms with van der Waals surface area (Å²) in [4.78, 5) is 8.95. The number of benzene rings is 2. The molecule has 0 radical (unpaired) electrons. The van der Waals surface area contributed by atoms with Crippen LogP contribution >= 0.6 is 0 Å². The van der Waals surface area contributed by atoms with Gasteiger partial charge in [-0.25, -0.2) is 9.97 Å². The summed E-state index contributed by atoms with van der Waals surface area (Å²) < 4.78 is 0. The van der Waals surface area contributed by atoms with Crippen molar-refractivity contribution in [1.82, 2.24) is 9.97 Å². The van der Waals surface area contributed by atoms with Gasteiger partial charge in [-0.2, -0.15) is 0 Å². The van der Waals surface area contributed by atoms with Crippen molar-refractivity contribution in [2.45, 2.75) is 33.4 Å². The van der Waals surface area contributed by atoms with Crippen LogP contribution in [0.3, 0.4) is 0 Å². The van der Waals surface area contributed by atoms with Crippen LogP contribution in [0.2, 0.25) is 0 Å². The van der Waals surface area contributed by atoms with Gasteiger partial charge >= 0.3 is 0 Å². The lowest BCUT2D eigenvalue weighted by atomic mass is 9.94. The van der Waals surface area contributed by atoms with Crippen molar-refractivity contribution in [3.8, 4) is 11.1 Å². The van der Waals surface area contributed by atoms with Crippen LogP contribution in [0.4, 0.5) is 11.6 Å². The highest BCUT2D eigenvalue weighted by molar-refractivity contribution is 5.87. The third-order valence-electron chi connectivity index (χ3n) is 3.94. The first-order valence-corrected chi connectivity index (χ1v) is 8.01. The number of aliphatic hydroxyl groups excluding tert-OH is 1. The normalized spacial score (nSPS) is 11.2. The van der Waals surface area contributed by atoms with E-state index in [1.807, 2.05) is 31.3 Å². The van der Waals surface area contributed by atoms with E-state index in [4.69, 9.17) is 5.73 Å². The molecule has 0 saturated carbocycles. The number of aryl methyl sites for hydroxylation is 1. The van der Waals surface area contributed by atoms with Gasteiger partial charge in [0.05, 0.1) is 12.1 Å². The molecule has 0 atom stereocenters. The van der Waals surface area contributed by atoms with Gasteiger partial charge in [0.25, 0.3) is 0 Å². The molecule has 24 heavy (non-hydrogen) atoms. The van der Waals surface area contributed by atoms with Gasteiger partial charge in [-0.15, -0.1) is 0 Å². The van der Waals surface area contributed by atoms with Gasteiger partial charge in [0, 0.05) is 23.3 Å². The fourth-order valence-corrected chi connectivity index (χ4v) is 2.78. The summed E-state index contributed by atoms with van der Waals surface area (Å²) >= 11 is 0. The van der Waals surface area contributed by atoms with E-state index in [1.165, 1.54) is 0 Å². The van der Waals surface area contributed by atoms with Crippen LogP contribution in [0.25, 0.3) is 22.0 Å². The van der Waals surface area contributed by atoms with E-state index in [1.54, 1.807) is 6.07 Å². The summed E-state index contributed by atoms with van der Waals surface area (Å²) in [6, 6.07) is 9.94. The van der Waals surface area contributed by atoms with E-state index in [2.05, 4.69) is 35.2 Å². The number of hydrogen-bond donors (Lipinski definition) is 3. The summed E-state index contributed by atoms with van der Waals surface area (Å²) in [6.45, 7) is 6.12. The average molecular weight is 322 g/mol. The maximum absolute atomic E-state index is 9.62. The second-order valence-electron chi connectivity index (χ2n) is 6.29. The van der Waals surface area contributed by atoms with E-state index in [9.17, 15) is 5.11 Å². The van der Waals surface area contributed by atoms with Crippen LogP contribution in [0, 0.1) is 6.92 Å². The molecule has 2 aromatic carbocycles. The number of nitrogen functional groups attached to an aromatic ring is 1. The van der Waals surface area contributed by atoms with Gasteiger partial charge in [0.2, 0.25) is 5.95 Å². The molecule has 0 amide bonds. The van der Waals surface area contributed by atoms with Gasteiger partial charge < -0.3 is 16.2 Å². The molecule has 0 aliphatic rings. The van der Waals surface area contributed by atoms with Crippen molar-refractivity contribution in [2.24, 2.45) is 0 Å². The van der Waals surface area contributed by atoms with Crippen LogP contribution < -0.4 is 11.1 Å². The zero-order valence-electron chi connectivity index (χ0n) is 14.2. The van der Waals surface area contributed by atoms with Gasteiger partial charge in [-0.3, -0.25) is 0 Å². The Labute approximate surface area is 141 Å². The summed E-state index contributed by atoms with van der Waals surface area (Å²) in [5.41, 5.74) is 11.4. The predicted molar refractivity (Wildman–Crippen MR) is 98.8 cm³/mol. The Hall–Kier alpha value is -2.66. The summed E-state index contributed by atoms with van der Waals surface area (Å²) in [5, 5.41) is 13.8. The van der Waals surface area contributed by atoms with Gasteiger partial charge in [0.1, 0.15) is 0 Å². The van der Waals surface area contributed by atoms with Crippen LogP contribution in [0.5, 0.6) is 0 Å². The number of fused-ring (bicyclic) bond motifs is 1. The first-order valence-electron chi connectivity index (χ1n) is 8.01. The zero-order chi connectivity index (χ0) is 17.3. The number of aliphatic hydroxyl groups is 1. The minimum Gasteiger partial charge on any atom is -0.399 e. The largest absolute Gasteiger partial charge is 0.399 e. The molecule has 0 spiro atoms. The number of anilines is 2. The van der Waals surface area contributed by atoms with E-state index in [-0.39, 0.29) is 12.6 Å². The lowest BCUT2D eigenvalue weighted by Crippen LogP contribution is -2.12. The Morgan fingerprint density at radius 3 is 2.67 bits per heavy atom. The van der Waals surface area contributed by atoms with E-state index in [0.717, 1.165) is 33.2 Å². The maximum atomic E-state index is 9.62. The number of nitrogens with zero attached hydrogens (tertiary/aromatic N) is 2. The molecule has 3 rings (SSSR count). The maximum Gasteiger partial charge on any atom is 0.223 e. The highest BCUT2D eigenvalue weighted by Gasteiger charge is 2.11. The Kier molecular flexibility index (Phi) is 4.36. The third-order valence-corrected chi connectivity index (χ3v) is 3.94. The molecule has 5 nitrogen and oxygen atoms in total. The SMILES string of the molecule is Cc1cc2nc(NC(C)C)ncc2cc1-c1cc(N)ccc1CO. The average Bonchev–Trinajstić information content (AvgIpc) is 2.53. The zero-order valence-corrected chi connectivity index (χ0v) is 14.2. The lowest BCUT2D eigenvalue weighted by Gasteiger charge is -2.14. The van der Waals surface area contributed by atoms with Crippen molar-refractivity contribution < 1.29 is 5.11 Å². The van der Waals surface area contributed by atoms with Gasteiger partial charge in [0.15, 0.2) is 0 Å². The summed E-state index contributed by atoms with van der Waals surface area (Å²) in [5.74, 6) is 0.629. The Morgan fingerprint density at radius 1 is 1.17 bits per heavy atom. The van der Waals surface area contributed by atoms with Gasteiger partial charge in [-0.1, -0.05) is 6.07 Å². The van der Waals surface area contributed by atoms with Crippen LogP contribution in [0.15, 0.2) is 36.5 Å². The van der Waals surface area contributed by atoms with Crippen LogP contribution in [-0.2, 0) is 6.61 Å². The molecule has 0 aliphatic carbocycles. The van der Waals surface area contributed by atoms with E-state index < -0.39 is 0 Å². The van der Waals surface area contributed by atoms with Crippen LogP contribution in [-0.4, -0.2) is 21.1 Å². The quantitative estimate of drug-likeness (QED) is 0.640. The molecular weight excluding hydrogens is 300 g/mol. The molecule has 5 heteroatoms.